The van der Waals surface area contributed by atoms with Gasteiger partial charge in [0.1, 0.15) is 16.9 Å². The quantitative estimate of drug-likeness (QED) is 0.204. The van der Waals surface area contributed by atoms with Crippen LogP contribution in [-0.2, 0) is 33.0 Å². The molecule has 58 heavy (non-hydrogen) atoms. The summed E-state index contributed by atoms with van der Waals surface area (Å²) in [4.78, 5) is 36.8. The average molecular weight is 822 g/mol. The van der Waals surface area contributed by atoms with Crippen LogP contribution in [0, 0.1) is 17.7 Å². The van der Waals surface area contributed by atoms with E-state index in [4.69, 9.17) is 0 Å². The Labute approximate surface area is 340 Å². The minimum atomic E-state index is -3.62. The van der Waals surface area contributed by atoms with Crippen LogP contribution in [0.15, 0.2) is 78.0 Å². The van der Waals surface area contributed by atoms with Crippen molar-refractivity contribution in [3.63, 3.8) is 0 Å². The summed E-state index contributed by atoms with van der Waals surface area (Å²) in [5.41, 5.74) is -0.403. The molecule has 2 aromatic carbocycles. The molecular weight excluding hydrogens is 765 g/mol. The van der Waals surface area contributed by atoms with E-state index in [1.165, 1.54) is 17.0 Å². The summed E-state index contributed by atoms with van der Waals surface area (Å²) in [7, 11) is 0.184. The van der Waals surface area contributed by atoms with E-state index >= 15 is 8.78 Å². The molecule has 4 aliphatic rings. The molecule has 3 aromatic rings. The van der Waals surface area contributed by atoms with Crippen molar-refractivity contribution in [1.82, 2.24) is 29.6 Å². The topological polar surface area (TPSA) is 131 Å². The largest absolute Gasteiger partial charge is 0.465 e. The van der Waals surface area contributed by atoms with E-state index in [1.807, 2.05) is 36.2 Å². The van der Waals surface area contributed by atoms with E-state index in [0.717, 1.165) is 49.2 Å². The highest BCUT2D eigenvalue weighted by atomic mass is 32.2. The first-order valence-corrected chi connectivity index (χ1v) is 22.1. The fourth-order valence-electron chi connectivity index (χ4n) is 10.1. The van der Waals surface area contributed by atoms with Gasteiger partial charge in [0.2, 0.25) is 5.91 Å². The van der Waals surface area contributed by atoms with Crippen molar-refractivity contribution in [3.05, 3.63) is 90.3 Å². The lowest BCUT2D eigenvalue weighted by atomic mass is 9.58. The highest BCUT2D eigenvalue weighted by Gasteiger charge is 2.53. The summed E-state index contributed by atoms with van der Waals surface area (Å²) < 4.78 is 60.2. The number of aryl methyl sites for hydroxylation is 1. The summed E-state index contributed by atoms with van der Waals surface area (Å²) in [6.45, 7) is 5.50. The molecule has 2 N–H and O–H groups in total. The van der Waals surface area contributed by atoms with Crippen LogP contribution in [-0.4, -0.2) is 133 Å². The van der Waals surface area contributed by atoms with Gasteiger partial charge in [-0.15, -0.1) is 0 Å². The molecule has 0 unspecified atom stereocenters. The number of imidazole rings is 1. The fourth-order valence-corrected chi connectivity index (χ4v) is 11.8. The number of hydrogen-bond acceptors (Lipinski definition) is 8. The van der Waals surface area contributed by atoms with E-state index in [9.17, 15) is 23.1 Å². The smallest absolute Gasteiger partial charge is 0.404 e. The molecule has 3 saturated heterocycles. The van der Waals surface area contributed by atoms with Crippen molar-refractivity contribution in [2.24, 2.45) is 11.8 Å². The zero-order valence-corrected chi connectivity index (χ0v) is 34.6. The van der Waals surface area contributed by atoms with Crippen molar-refractivity contribution in [1.29, 1.82) is 0 Å². The number of likely N-dealkylation sites (tertiary alicyclic amines) is 2. The molecule has 3 atom stereocenters. The van der Waals surface area contributed by atoms with E-state index in [-0.39, 0.29) is 67.2 Å². The van der Waals surface area contributed by atoms with E-state index < -0.39 is 32.3 Å². The third kappa shape index (κ3) is 8.67. The number of sulfone groups is 1. The zero-order valence-electron chi connectivity index (χ0n) is 33.8. The number of anilines is 1. The number of aromatic nitrogens is 2. The third-order valence-electron chi connectivity index (χ3n) is 13.0. The second kappa shape index (κ2) is 17.1. The lowest BCUT2D eigenvalue weighted by Crippen LogP contribution is -2.64. The predicted molar refractivity (Wildman–Crippen MR) is 219 cm³/mol. The molecule has 3 aliphatic heterocycles. The highest BCUT2D eigenvalue weighted by molar-refractivity contribution is 7.92. The van der Waals surface area contributed by atoms with E-state index in [2.05, 4.69) is 26.7 Å². The standard InChI is InChI=1S/C43H57F2N7O5S/c1-4-39-46-19-23-50(39)30-43(32-8-5-9-33(44)24-32,37-10-6-11-38(37)47-41(54)55)31-17-21-49(22-18-31)27-42(45)28-52(29-42)34-13-15-35(16-14-34)58(56,57)36-25-51(26-36)40(53)12-7-20-48(2)3/h5,7-9,12-16,19,23-24,31,36-38,47H,4,6,10-11,17-18,20-22,25-30H2,1-3H3,(H,54,55)/b12-7+/t37-,38-,43-/m0/s1. The summed E-state index contributed by atoms with van der Waals surface area (Å²) in [5.74, 6) is 0.411. The van der Waals surface area contributed by atoms with Crippen molar-refractivity contribution in [2.45, 2.75) is 79.3 Å². The number of likely N-dealkylation sites (N-methyl/N-ethyl adjacent to an activating group) is 1. The molecule has 1 saturated carbocycles. The molecule has 0 spiro atoms. The van der Waals surface area contributed by atoms with E-state index in [1.54, 1.807) is 48.7 Å². The Kier molecular flexibility index (Phi) is 12.3. The molecule has 4 fully saturated rings. The molecule has 12 nitrogen and oxygen atoms in total. The van der Waals surface area contributed by atoms with Crippen LogP contribution in [0.1, 0.15) is 50.4 Å². The molecule has 15 heteroatoms. The number of piperidine rings is 1. The summed E-state index contributed by atoms with van der Waals surface area (Å²) in [6.07, 6.45) is 10.6. The van der Waals surface area contributed by atoms with Crippen LogP contribution < -0.4 is 10.2 Å². The number of rotatable bonds is 15. The number of carbonyl (C=O) groups excluding carboxylic acids is 1. The van der Waals surface area contributed by atoms with Crippen LogP contribution in [0.2, 0.25) is 0 Å². The van der Waals surface area contributed by atoms with Gasteiger partial charge in [-0.3, -0.25) is 9.69 Å². The number of benzene rings is 2. The Balaban J connectivity index is 0.995. The molecular formula is C43H57F2N7O5S. The first-order chi connectivity index (χ1) is 27.7. The van der Waals surface area contributed by atoms with Crippen LogP contribution >= 0.6 is 0 Å². The Bertz CT molecular complexity index is 2060. The van der Waals surface area contributed by atoms with Crippen LogP contribution in [0.3, 0.4) is 0 Å². The first kappa shape index (κ1) is 41.8. The Morgan fingerprint density at radius 1 is 1.07 bits per heavy atom. The summed E-state index contributed by atoms with van der Waals surface area (Å²) >= 11 is 0. The summed E-state index contributed by atoms with van der Waals surface area (Å²) in [6, 6.07) is 13.2. The van der Waals surface area contributed by atoms with Gasteiger partial charge in [-0.1, -0.05) is 31.6 Å². The Hall–Kier alpha value is -4.34. The molecule has 2 amide bonds. The molecule has 1 aliphatic carbocycles. The highest BCUT2D eigenvalue weighted by Crippen LogP contribution is 2.52. The molecule has 1 aromatic heterocycles. The minimum absolute atomic E-state index is 0.0729. The van der Waals surface area contributed by atoms with E-state index in [0.29, 0.717) is 32.6 Å². The molecule has 7 rings (SSSR count). The second-order valence-electron chi connectivity index (χ2n) is 17.1. The van der Waals surface area contributed by atoms with Crippen molar-refractivity contribution in [3.8, 4) is 0 Å². The number of nitrogens with zero attached hydrogens (tertiary/aromatic N) is 6. The van der Waals surface area contributed by atoms with Crippen LogP contribution in [0.4, 0.5) is 19.3 Å². The number of halogens is 2. The molecule has 4 heterocycles. The lowest BCUT2D eigenvalue weighted by Gasteiger charge is -2.52. The average Bonchev–Trinajstić information content (AvgIpc) is 3.81. The zero-order chi connectivity index (χ0) is 41.2. The predicted octanol–water partition coefficient (Wildman–Crippen LogP) is 5.00. The number of carbonyl (C=O) groups is 2. The van der Waals surface area contributed by atoms with Crippen molar-refractivity contribution in [2.75, 3.05) is 71.4 Å². The van der Waals surface area contributed by atoms with Gasteiger partial charge in [-0.2, -0.15) is 0 Å². The van der Waals surface area contributed by atoms with Gasteiger partial charge in [0.15, 0.2) is 15.5 Å². The molecule has 0 radical (unpaired) electrons. The van der Waals surface area contributed by atoms with Gasteiger partial charge in [0.05, 0.1) is 18.0 Å². The number of alkyl halides is 1. The molecule has 314 valence electrons. The van der Waals surface area contributed by atoms with Gasteiger partial charge >= 0.3 is 6.09 Å². The maximum Gasteiger partial charge on any atom is 0.404 e. The SMILES string of the molecule is CCc1nccn1C[C@@](c1cccc(F)c1)(C1CCN(CC2(F)CN(c3ccc(S(=O)(=O)C4CN(C(=O)/C=C/CN(C)C)C4)cc3)C2)CC1)[C@H]1CCC[C@@H]1NC(=O)O. The van der Waals surface area contributed by atoms with Gasteiger partial charge in [-0.25, -0.2) is 27.0 Å². The monoisotopic (exact) mass is 821 g/mol. The van der Waals surface area contributed by atoms with Crippen molar-refractivity contribution < 1.29 is 31.9 Å². The number of amides is 2. The van der Waals surface area contributed by atoms with Crippen LogP contribution in [0.25, 0.3) is 0 Å². The van der Waals surface area contributed by atoms with Crippen molar-refractivity contribution >= 4 is 27.5 Å². The second-order valence-corrected chi connectivity index (χ2v) is 19.3. The van der Waals surface area contributed by atoms with Gasteiger partial charge in [0.25, 0.3) is 0 Å². The Morgan fingerprint density at radius 2 is 1.79 bits per heavy atom. The van der Waals surface area contributed by atoms with Gasteiger partial charge in [-0.05, 0) is 107 Å². The number of hydrogen-bond donors (Lipinski definition) is 2. The Morgan fingerprint density at radius 3 is 2.45 bits per heavy atom. The van der Waals surface area contributed by atoms with Crippen LogP contribution in [0.5, 0.6) is 0 Å². The maximum absolute atomic E-state index is 16.3. The third-order valence-corrected chi connectivity index (χ3v) is 15.1. The first-order valence-electron chi connectivity index (χ1n) is 20.6. The molecule has 0 bridgehead atoms. The number of carboxylic acid groups (broad SMARTS) is 1. The summed E-state index contributed by atoms with van der Waals surface area (Å²) in [5, 5.41) is 12.0. The normalized spacial score (nSPS) is 22.9. The fraction of sp³-hybridized carbons (Fsp3) is 0.558. The maximum atomic E-state index is 16.3. The minimum Gasteiger partial charge on any atom is -0.465 e. The van der Waals surface area contributed by atoms with Gasteiger partial charge in [0, 0.05) is 74.8 Å². The van der Waals surface area contributed by atoms with Gasteiger partial charge < -0.3 is 29.7 Å². The number of nitrogens with one attached hydrogen (secondary N) is 1. The lowest BCUT2D eigenvalue weighted by molar-refractivity contribution is -0.129.